The molecule has 0 aliphatic rings. The van der Waals surface area contributed by atoms with Gasteiger partial charge in [0.2, 0.25) is 0 Å². The third-order valence-electron chi connectivity index (χ3n) is 0. The maximum atomic E-state index is 8.33. The van der Waals surface area contributed by atoms with Crippen LogP contribution in [-0.2, 0) is 0 Å². The Morgan fingerprint density at radius 3 is 1.40 bits per heavy atom. The van der Waals surface area contributed by atoms with E-state index in [1.165, 1.54) is 0 Å². The molecule has 0 heterocycles. The van der Waals surface area contributed by atoms with Gasteiger partial charge in [0.1, 0.15) is 0 Å². The molecule has 0 rings (SSSR count). The number of carboxylic acid groups (broad SMARTS) is 2. The molecule has 0 saturated carbocycles. The van der Waals surface area contributed by atoms with Crippen LogP contribution in [0.15, 0.2) is 0 Å². The van der Waals surface area contributed by atoms with E-state index >= 15 is 0 Å². The summed E-state index contributed by atoms with van der Waals surface area (Å²) in [7, 11) is 0. The van der Waals surface area contributed by atoms with Gasteiger partial charge in [-0.15, -0.1) is 0 Å². The quantitative estimate of drug-likeness (QED) is 0.431. The average molecular weight is 269 g/mol. The van der Waals surface area contributed by atoms with Crippen LogP contribution in [-0.4, -0.2) is 33.5 Å². The zero-order valence-electron chi connectivity index (χ0n) is 2.43. The van der Waals surface area contributed by atoms with Crippen LogP contribution in [0.3, 0.4) is 0 Å². The molecule has 5 heavy (non-hydrogen) atoms. The zero-order valence-corrected chi connectivity index (χ0v) is 7.93. The van der Waals surface area contributed by atoms with E-state index in [2.05, 4.69) is 0 Å². The second-order valence-corrected chi connectivity index (χ2v) is 0.250. The predicted molar refractivity (Wildman–Crippen MR) is 13.9 cm³/mol. The second kappa shape index (κ2) is 4.19. The molecule has 0 fully saturated rings. The number of rotatable bonds is 0. The van der Waals surface area contributed by atoms with Crippen LogP contribution < -0.4 is 10.2 Å². The molecule has 3 nitrogen and oxygen atoms in total. The summed E-state index contributed by atoms with van der Waals surface area (Å²) in [6, 6.07) is 0. The molecular formula is CH2O3Pb. The summed E-state index contributed by atoms with van der Waals surface area (Å²) in [6.07, 6.45) is -2.33. The fourth-order valence-electron chi connectivity index (χ4n) is 0. The Bertz CT molecular complexity index is 29.9. The molecule has 0 aromatic carbocycles. The van der Waals surface area contributed by atoms with E-state index in [0.717, 1.165) is 0 Å². The fraction of sp³-hybridized carbons (Fsp3) is 0. The van der Waals surface area contributed by atoms with Crippen molar-refractivity contribution in [3.8, 4) is 0 Å². The standard InChI is InChI=1S/CH2O3.Pb.2H/c2-1(3)4;;;/h(H2,2,3,4);;;/q;+2;;/p-2. The van der Waals surface area contributed by atoms with Crippen LogP contribution in [0.25, 0.3) is 0 Å². The van der Waals surface area contributed by atoms with E-state index in [1.54, 1.807) is 0 Å². The van der Waals surface area contributed by atoms with Crippen molar-refractivity contribution in [2.24, 2.45) is 0 Å². The van der Waals surface area contributed by atoms with Gasteiger partial charge in [0.15, 0.2) is 0 Å². The Balaban J connectivity index is 0. The van der Waals surface area contributed by atoms with Crippen LogP contribution in [0, 0.1) is 0 Å². The molecule has 0 unspecified atom stereocenters. The average Bonchev–Trinajstić information content (AvgIpc) is 0.811. The van der Waals surface area contributed by atoms with Crippen molar-refractivity contribution in [1.29, 1.82) is 0 Å². The molecule has 4 heteroatoms. The maximum absolute atomic E-state index is 8.33. The summed E-state index contributed by atoms with van der Waals surface area (Å²) in [5.74, 6) is 0. The zero-order chi connectivity index (χ0) is 3.58. The Labute approximate surface area is 48.8 Å². The van der Waals surface area contributed by atoms with Crippen LogP contribution in [0.2, 0.25) is 0 Å². The number of hydrogen-bond donors (Lipinski definition) is 0. The van der Waals surface area contributed by atoms with Gasteiger partial charge in [0.25, 0.3) is 0 Å². The van der Waals surface area contributed by atoms with Crippen LogP contribution in [0.4, 0.5) is 4.79 Å². The van der Waals surface area contributed by atoms with E-state index in [9.17, 15) is 0 Å². The molecular weight excluding hydrogens is 267 g/mol. The third kappa shape index (κ3) is 546. The van der Waals surface area contributed by atoms with Gasteiger partial charge in [-0.25, -0.2) is 0 Å². The van der Waals surface area contributed by atoms with Crippen molar-refractivity contribution in [2.75, 3.05) is 0 Å². The minimum absolute atomic E-state index is 0. The molecule has 0 aliphatic heterocycles. The van der Waals surface area contributed by atoms with Crippen molar-refractivity contribution in [3.63, 3.8) is 0 Å². The van der Waals surface area contributed by atoms with Gasteiger partial charge in [0.05, 0.1) is 0 Å². The summed E-state index contributed by atoms with van der Waals surface area (Å²) in [4.78, 5) is 8.33. The van der Waals surface area contributed by atoms with Gasteiger partial charge in [-0.3, -0.25) is 0 Å². The first-order valence-electron chi connectivity index (χ1n) is 0.612. The summed E-state index contributed by atoms with van der Waals surface area (Å²) < 4.78 is 0. The van der Waals surface area contributed by atoms with Gasteiger partial charge >= 0.3 is 27.3 Å². The Morgan fingerprint density at radius 1 is 1.40 bits per heavy atom. The van der Waals surface area contributed by atoms with Gasteiger partial charge in [-0.1, -0.05) is 0 Å². The molecule has 0 radical (unpaired) electrons. The first kappa shape index (κ1) is 8.95. The van der Waals surface area contributed by atoms with Crippen LogP contribution in [0.5, 0.6) is 0 Å². The van der Waals surface area contributed by atoms with Crippen LogP contribution in [0.1, 0.15) is 0 Å². The summed E-state index contributed by atoms with van der Waals surface area (Å²) in [5, 5.41) is 16.7. The normalized spacial score (nSPS) is 4.80. The Kier molecular flexibility index (Phi) is 7.51. The topological polar surface area (TPSA) is 63.2 Å². The van der Waals surface area contributed by atoms with E-state index in [1.807, 2.05) is 0 Å². The summed E-state index contributed by atoms with van der Waals surface area (Å²) >= 11 is 0. The van der Waals surface area contributed by atoms with E-state index in [-0.39, 0.29) is 27.3 Å². The summed E-state index contributed by atoms with van der Waals surface area (Å²) in [5.41, 5.74) is 0. The molecule has 0 bridgehead atoms. The van der Waals surface area contributed by atoms with E-state index in [4.69, 9.17) is 15.0 Å². The molecule has 0 N–H and O–H groups in total. The third-order valence-corrected chi connectivity index (χ3v) is 0. The first-order valence-corrected chi connectivity index (χ1v) is 0.612. The number of carbonyl (C=O) groups excluding carboxylic acids is 1. The summed E-state index contributed by atoms with van der Waals surface area (Å²) in [6.45, 7) is 0. The molecule has 0 spiro atoms. The van der Waals surface area contributed by atoms with Crippen molar-refractivity contribution in [3.05, 3.63) is 0 Å². The number of hydrogen-bond acceptors (Lipinski definition) is 3. The van der Waals surface area contributed by atoms with Gasteiger partial charge in [-0.05, 0) is 6.16 Å². The number of carbonyl (C=O) groups is 1. The monoisotopic (exact) mass is 270 g/mol. The fourth-order valence-corrected chi connectivity index (χ4v) is 0. The van der Waals surface area contributed by atoms with E-state index < -0.39 is 6.16 Å². The molecule has 0 aliphatic carbocycles. The molecule has 0 aromatic heterocycles. The SMILES string of the molecule is O=C([O-])[O-].[PbH2+2]. The molecule has 0 amide bonds. The Morgan fingerprint density at radius 2 is 1.40 bits per heavy atom. The van der Waals surface area contributed by atoms with Gasteiger partial charge < -0.3 is 15.0 Å². The van der Waals surface area contributed by atoms with Crippen molar-refractivity contribution in [2.45, 2.75) is 0 Å². The van der Waals surface area contributed by atoms with E-state index in [0.29, 0.717) is 0 Å². The second-order valence-electron chi connectivity index (χ2n) is 0.250. The van der Waals surface area contributed by atoms with Crippen LogP contribution >= 0.6 is 0 Å². The molecule has 28 valence electrons. The minimum atomic E-state index is -2.33. The van der Waals surface area contributed by atoms with Crippen molar-refractivity contribution >= 4 is 33.5 Å². The van der Waals surface area contributed by atoms with Gasteiger partial charge in [-0.2, -0.15) is 0 Å². The first-order chi connectivity index (χ1) is 1.73. The predicted octanol–water partition coefficient (Wildman–Crippen LogP) is -3.36. The molecule has 0 aromatic rings. The molecule has 0 atom stereocenters. The van der Waals surface area contributed by atoms with Gasteiger partial charge in [0, 0.05) is 0 Å². The molecule has 0 saturated heterocycles. The Hall–Kier alpha value is 0.192. The van der Waals surface area contributed by atoms with Crippen molar-refractivity contribution < 1.29 is 15.0 Å². The van der Waals surface area contributed by atoms with Crippen molar-refractivity contribution in [1.82, 2.24) is 0 Å².